The maximum absolute atomic E-state index is 13.0. The Balaban J connectivity index is 1.84. The minimum atomic E-state index is -1.19. The third-order valence-corrected chi connectivity index (χ3v) is 4.30. The van der Waals surface area contributed by atoms with E-state index < -0.39 is 23.8 Å². The number of amides is 4. The summed E-state index contributed by atoms with van der Waals surface area (Å²) >= 11 is 0. The number of urea groups is 1. The largest absolute Gasteiger partial charge is 0.335 e. The van der Waals surface area contributed by atoms with Gasteiger partial charge in [0, 0.05) is 5.71 Å². The molecule has 1 atom stereocenters. The minimum absolute atomic E-state index is 0.196. The Morgan fingerprint density at radius 3 is 2.33 bits per heavy atom. The first-order valence-electron chi connectivity index (χ1n) is 8.37. The van der Waals surface area contributed by atoms with Crippen molar-refractivity contribution in [2.75, 3.05) is 4.90 Å². The van der Waals surface area contributed by atoms with Crippen molar-refractivity contribution in [3.8, 4) is 0 Å². The molecule has 6 nitrogen and oxygen atoms in total. The number of aliphatic imine (C=N–C) groups is 1. The predicted molar refractivity (Wildman–Crippen MR) is 98.9 cm³/mol. The molecule has 0 aliphatic carbocycles. The molecule has 0 aromatic heterocycles. The lowest BCUT2D eigenvalue weighted by Gasteiger charge is -2.30. The molecule has 7 heteroatoms. The smallest absolute Gasteiger partial charge is 0.288 e. The van der Waals surface area contributed by atoms with Crippen molar-refractivity contribution in [2.24, 2.45) is 10.9 Å². The molecule has 138 valence electrons. The Bertz CT molecular complexity index is 920. The van der Waals surface area contributed by atoms with Crippen molar-refractivity contribution in [1.82, 2.24) is 5.32 Å². The van der Waals surface area contributed by atoms with E-state index in [4.69, 9.17) is 0 Å². The number of halogens is 1. The maximum Gasteiger partial charge on any atom is 0.335 e. The fourth-order valence-electron chi connectivity index (χ4n) is 2.78. The van der Waals surface area contributed by atoms with Crippen LogP contribution in [0.25, 0.3) is 0 Å². The first kappa shape index (κ1) is 18.4. The molecule has 1 N–H and O–H groups in total. The number of nitrogens with one attached hydrogen (secondary N) is 1. The molecule has 3 rings (SSSR count). The maximum atomic E-state index is 13.0. The van der Waals surface area contributed by atoms with E-state index in [0.29, 0.717) is 5.69 Å². The van der Waals surface area contributed by atoms with Gasteiger partial charge in [-0.05, 0) is 43.7 Å². The van der Waals surface area contributed by atoms with Gasteiger partial charge in [0.2, 0.25) is 5.91 Å². The standard InChI is InChI=1S/C20H18FN3O3/c1-12-3-9-16(10-4-12)24-19(26)17(18(25)23-20(24)27)13(2)22-11-14-5-7-15(21)8-6-14/h3-10,17H,11H2,1-2H3,(H,23,25,27)/t17-/m1/s1. The van der Waals surface area contributed by atoms with Crippen LogP contribution < -0.4 is 10.2 Å². The van der Waals surface area contributed by atoms with E-state index >= 15 is 0 Å². The van der Waals surface area contributed by atoms with Gasteiger partial charge in [-0.15, -0.1) is 0 Å². The van der Waals surface area contributed by atoms with Gasteiger partial charge in [0.05, 0.1) is 12.2 Å². The number of carbonyl (C=O) groups excluding carboxylic acids is 3. The Hall–Kier alpha value is -3.35. The third kappa shape index (κ3) is 3.92. The highest BCUT2D eigenvalue weighted by atomic mass is 19.1. The summed E-state index contributed by atoms with van der Waals surface area (Å²) in [6.07, 6.45) is 0. The quantitative estimate of drug-likeness (QED) is 0.666. The van der Waals surface area contributed by atoms with E-state index in [1.807, 2.05) is 6.92 Å². The van der Waals surface area contributed by atoms with Crippen LogP contribution in [-0.2, 0) is 16.1 Å². The van der Waals surface area contributed by atoms with Crippen molar-refractivity contribution in [1.29, 1.82) is 0 Å². The van der Waals surface area contributed by atoms with Crippen LogP contribution in [0.5, 0.6) is 0 Å². The van der Waals surface area contributed by atoms with E-state index in [9.17, 15) is 18.8 Å². The molecule has 0 bridgehead atoms. The number of carbonyl (C=O) groups is 3. The number of barbiturate groups is 1. The highest BCUT2D eigenvalue weighted by molar-refractivity contribution is 6.35. The second kappa shape index (κ2) is 7.49. The summed E-state index contributed by atoms with van der Waals surface area (Å²) in [4.78, 5) is 42.5. The summed E-state index contributed by atoms with van der Waals surface area (Å²) in [5.74, 6) is -2.89. The molecule has 2 aromatic rings. The number of rotatable bonds is 4. The lowest BCUT2D eigenvalue weighted by Crippen LogP contribution is -2.60. The first-order chi connectivity index (χ1) is 12.9. The molecule has 2 aromatic carbocycles. The van der Waals surface area contributed by atoms with Gasteiger partial charge in [0.1, 0.15) is 5.82 Å². The van der Waals surface area contributed by atoms with Crippen LogP contribution >= 0.6 is 0 Å². The molecule has 0 spiro atoms. The molecule has 0 unspecified atom stereocenters. The summed E-state index contributed by atoms with van der Waals surface area (Å²) in [5, 5.41) is 2.21. The molecule has 1 heterocycles. The second-order valence-corrected chi connectivity index (χ2v) is 6.32. The highest BCUT2D eigenvalue weighted by Gasteiger charge is 2.42. The molecule has 4 amide bonds. The fourth-order valence-corrected chi connectivity index (χ4v) is 2.78. The van der Waals surface area contributed by atoms with Crippen molar-refractivity contribution in [2.45, 2.75) is 20.4 Å². The van der Waals surface area contributed by atoms with Gasteiger partial charge < -0.3 is 0 Å². The van der Waals surface area contributed by atoms with Crippen LogP contribution in [0.3, 0.4) is 0 Å². The number of anilines is 1. The Labute approximate surface area is 155 Å². The van der Waals surface area contributed by atoms with E-state index in [1.165, 1.54) is 12.1 Å². The molecule has 0 saturated carbocycles. The summed E-state index contributed by atoms with van der Waals surface area (Å²) < 4.78 is 13.0. The van der Waals surface area contributed by atoms with Crippen LogP contribution in [0, 0.1) is 18.7 Å². The van der Waals surface area contributed by atoms with Crippen LogP contribution in [0.4, 0.5) is 14.9 Å². The van der Waals surface area contributed by atoms with Crippen molar-refractivity contribution in [3.05, 3.63) is 65.5 Å². The zero-order chi connectivity index (χ0) is 19.6. The Kier molecular flexibility index (Phi) is 5.12. The molecule has 1 aliphatic rings. The van der Waals surface area contributed by atoms with E-state index in [2.05, 4.69) is 10.3 Å². The van der Waals surface area contributed by atoms with Crippen LogP contribution in [0.2, 0.25) is 0 Å². The summed E-state index contributed by atoms with van der Waals surface area (Å²) in [7, 11) is 0. The number of nitrogens with zero attached hydrogens (tertiary/aromatic N) is 2. The van der Waals surface area contributed by atoms with E-state index in [0.717, 1.165) is 16.0 Å². The molecular formula is C20H18FN3O3. The van der Waals surface area contributed by atoms with Gasteiger partial charge in [0.15, 0.2) is 5.92 Å². The first-order valence-corrected chi connectivity index (χ1v) is 8.37. The van der Waals surface area contributed by atoms with E-state index in [-0.39, 0.29) is 18.1 Å². The van der Waals surface area contributed by atoms with Crippen molar-refractivity contribution >= 4 is 29.2 Å². The summed E-state index contributed by atoms with van der Waals surface area (Å²) in [6, 6.07) is 11.8. The molecule has 1 fully saturated rings. The van der Waals surface area contributed by atoms with Gasteiger partial charge in [-0.25, -0.2) is 14.1 Å². The normalized spacial score (nSPS) is 17.9. The van der Waals surface area contributed by atoms with E-state index in [1.54, 1.807) is 43.3 Å². The zero-order valence-electron chi connectivity index (χ0n) is 14.9. The average Bonchev–Trinajstić information content (AvgIpc) is 2.62. The van der Waals surface area contributed by atoms with Crippen LogP contribution in [0.1, 0.15) is 18.1 Å². The van der Waals surface area contributed by atoms with Gasteiger partial charge in [-0.2, -0.15) is 0 Å². The topological polar surface area (TPSA) is 78.8 Å². The Morgan fingerprint density at radius 2 is 1.70 bits per heavy atom. The average molecular weight is 367 g/mol. The number of hydrogen-bond donors (Lipinski definition) is 1. The summed E-state index contributed by atoms with van der Waals surface area (Å²) in [6.45, 7) is 3.65. The fraction of sp³-hybridized carbons (Fsp3) is 0.200. The number of aryl methyl sites for hydroxylation is 1. The molecule has 27 heavy (non-hydrogen) atoms. The van der Waals surface area contributed by atoms with Gasteiger partial charge in [0.25, 0.3) is 5.91 Å². The lowest BCUT2D eigenvalue weighted by atomic mass is 9.99. The number of imide groups is 2. The van der Waals surface area contributed by atoms with Gasteiger partial charge in [-0.3, -0.25) is 19.9 Å². The SMILES string of the molecule is CC(=NCc1ccc(F)cc1)[C@@H]1C(=O)NC(=O)N(c2ccc(C)cc2)C1=O. The zero-order valence-corrected chi connectivity index (χ0v) is 14.9. The third-order valence-electron chi connectivity index (χ3n) is 4.30. The van der Waals surface area contributed by atoms with Crippen LogP contribution in [0.15, 0.2) is 53.5 Å². The highest BCUT2D eigenvalue weighted by Crippen LogP contribution is 2.22. The summed E-state index contributed by atoms with van der Waals surface area (Å²) in [5.41, 5.74) is 2.39. The molecular weight excluding hydrogens is 349 g/mol. The lowest BCUT2D eigenvalue weighted by molar-refractivity contribution is -0.131. The number of hydrogen-bond acceptors (Lipinski definition) is 4. The molecule has 1 aliphatic heterocycles. The predicted octanol–water partition coefficient (Wildman–Crippen LogP) is 2.99. The minimum Gasteiger partial charge on any atom is -0.288 e. The van der Waals surface area contributed by atoms with Gasteiger partial charge >= 0.3 is 6.03 Å². The Morgan fingerprint density at radius 1 is 1.07 bits per heavy atom. The van der Waals surface area contributed by atoms with Crippen molar-refractivity contribution in [3.63, 3.8) is 0 Å². The number of benzene rings is 2. The van der Waals surface area contributed by atoms with Crippen molar-refractivity contribution < 1.29 is 18.8 Å². The molecule has 1 saturated heterocycles. The second-order valence-electron chi connectivity index (χ2n) is 6.32. The van der Waals surface area contributed by atoms with Crippen LogP contribution in [-0.4, -0.2) is 23.6 Å². The van der Waals surface area contributed by atoms with Gasteiger partial charge in [-0.1, -0.05) is 29.8 Å². The monoisotopic (exact) mass is 367 g/mol. The molecule has 0 radical (unpaired) electrons.